The van der Waals surface area contributed by atoms with E-state index >= 15 is 0 Å². The Morgan fingerprint density at radius 2 is 1.65 bits per heavy atom. The van der Waals surface area contributed by atoms with E-state index in [1.54, 1.807) is 0 Å². The topological polar surface area (TPSA) is 29.1 Å². The van der Waals surface area contributed by atoms with Crippen molar-refractivity contribution < 1.29 is 4.79 Å². The maximum atomic E-state index is 12.0. The molecule has 3 heteroatoms. The van der Waals surface area contributed by atoms with Crippen LogP contribution in [0.2, 0.25) is 0 Å². The Morgan fingerprint density at radius 1 is 1.00 bits per heavy atom. The van der Waals surface area contributed by atoms with Crippen LogP contribution in [0.1, 0.15) is 57.8 Å². The van der Waals surface area contributed by atoms with Gasteiger partial charge in [0.05, 0.1) is 0 Å². The lowest BCUT2D eigenvalue weighted by Crippen LogP contribution is -2.36. The maximum absolute atomic E-state index is 12.0. The van der Waals surface area contributed by atoms with Crippen molar-refractivity contribution in [1.29, 1.82) is 0 Å². The van der Waals surface area contributed by atoms with Gasteiger partial charge in [0.1, 0.15) is 0 Å². The van der Waals surface area contributed by atoms with Gasteiger partial charge >= 0.3 is 0 Å². The van der Waals surface area contributed by atoms with Gasteiger partial charge in [0.25, 0.3) is 0 Å². The highest BCUT2D eigenvalue weighted by Gasteiger charge is 2.23. The molecule has 2 nitrogen and oxygen atoms in total. The second-order valence-electron chi connectivity index (χ2n) is 5.70. The monoisotopic (exact) mass is 301 g/mol. The Balaban J connectivity index is 1.65. The molecule has 0 atom stereocenters. The van der Waals surface area contributed by atoms with Gasteiger partial charge < -0.3 is 5.32 Å². The standard InChI is InChI=1S/C14H24BrNO/c15-13-8-6-11(7-9-13)10-16-14(17)12-4-2-1-3-5-12/h11-13H,1-10H2,(H,16,17). The number of amides is 1. The number of carbonyl (C=O) groups is 1. The molecule has 0 bridgehead atoms. The first-order chi connectivity index (χ1) is 8.25. The first-order valence-corrected chi connectivity index (χ1v) is 8.09. The van der Waals surface area contributed by atoms with Crippen molar-refractivity contribution in [2.45, 2.75) is 62.6 Å². The highest BCUT2D eigenvalue weighted by molar-refractivity contribution is 9.09. The lowest BCUT2D eigenvalue weighted by Gasteiger charge is -2.27. The molecule has 2 rings (SSSR count). The average Bonchev–Trinajstić information content (AvgIpc) is 2.39. The Morgan fingerprint density at radius 3 is 2.29 bits per heavy atom. The van der Waals surface area contributed by atoms with E-state index in [-0.39, 0.29) is 0 Å². The number of nitrogens with one attached hydrogen (secondary N) is 1. The number of hydrogen-bond acceptors (Lipinski definition) is 1. The van der Waals surface area contributed by atoms with Gasteiger partial charge in [-0.1, -0.05) is 35.2 Å². The van der Waals surface area contributed by atoms with E-state index in [0.717, 1.165) is 25.3 Å². The molecule has 0 aromatic rings. The van der Waals surface area contributed by atoms with E-state index in [1.807, 2.05) is 0 Å². The van der Waals surface area contributed by atoms with Crippen LogP contribution in [0.25, 0.3) is 0 Å². The minimum atomic E-state index is 0.316. The third-order valence-electron chi connectivity index (χ3n) is 4.32. The highest BCUT2D eigenvalue weighted by atomic mass is 79.9. The molecule has 0 aromatic heterocycles. The van der Waals surface area contributed by atoms with E-state index in [2.05, 4.69) is 21.2 Å². The summed E-state index contributed by atoms with van der Waals surface area (Å²) in [5, 5.41) is 3.18. The molecule has 0 spiro atoms. The van der Waals surface area contributed by atoms with Crippen molar-refractivity contribution in [2.24, 2.45) is 11.8 Å². The van der Waals surface area contributed by atoms with Crippen LogP contribution >= 0.6 is 15.9 Å². The predicted octanol–water partition coefficient (Wildman–Crippen LogP) is 3.64. The molecular formula is C14H24BrNO. The Labute approximate surface area is 113 Å². The molecule has 0 aliphatic heterocycles. The first kappa shape index (κ1) is 13.4. The van der Waals surface area contributed by atoms with Gasteiger partial charge in [-0.15, -0.1) is 0 Å². The SMILES string of the molecule is O=C(NCC1CCC(Br)CC1)C1CCCCC1. The van der Waals surface area contributed by atoms with Crippen LogP contribution in [0.5, 0.6) is 0 Å². The molecule has 1 amide bonds. The molecule has 0 radical (unpaired) electrons. The van der Waals surface area contributed by atoms with Crippen molar-refractivity contribution in [3.8, 4) is 0 Å². The number of carbonyl (C=O) groups excluding carboxylic acids is 1. The van der Waals surface area contributed by atoms with Crippen molar-refractivity contribution in [3.05, 3.63) is 0 Å². The summed E-state index contributed by atoms with van der Waals surface area (Å²) in [6.45, 7) is 0.912. The Bertz CT molecular complexity index is 243. The van der Waals surface area contributed by atoms with Gasteiger partial charge in [0.15, 0.2) is 0 Å². The van der Waals surface area contributed by atoms with Crippen LogP contribution in [0, 0.1) is 11.8 Å². The largest absolute Gasteiger partial charge is 0.356 e. The summed E-state index contributed by atoms with van der Waals surface area (Å²) in [7, 11) is 0. The number of halogens is 1. The van der Waals surface area contributed by atoms with Crippen molar-refractivity contribution in [3.63, 3.8) is 0 Å². The van der Waals surface area contributed by atoms with Gasteiger partial charge in [-0.05, 0) is 44.4 Å². The zero-order valence-corrected chi connectivity index (χ0v) is 12.2. The van der Waals surface area contributed by atoms with E-state index in [4.69, 9.17) is 0 Å². The molecule has 17 heavy (non-hydrogen) atoms. The van der Waals surface area contributed by atoms with Crippen LogP contribution in [-0.4, -0.2) is 17.3 Å². The molecule has 2 aliphatic rings. The number of rotatable bonds is 3. The molecule has 0 unspecified atom stereocenters. The molecule has 2 aliphatic carbocycles. The van der Waals surface area contributed by atoms with Crippen LogP contribution in [0.15, 0.2) is 0 Å². The second kappa shape index (κ2) is 6.77. The zero-order chi connectivity index (χ0) is 12.1. The highest BCUT2D eigenvalue weighted by Crippen LogP contribution is 2.28. The quantitative estimate of drug-likeness (QED) is 0.792. The van der Waals surface area contributed by atoms with Crippen molar-refractivity contribution >= 4 is 21.8 Å². The van der Waals surface area contributed by atoms with Crippen LogP contribution in [0.4, 0.5) is 0 Å². The van der Waals surface area contributed by atoms with Crippen LogP contribution in [-0.2, 0) is 4.79 Å². The Kier molecular flexibility index (Phi) is 5.33. The van der Waals surface area contributed by atoms with Crippen LogP contribution in [0.3, 0.4) is 0 Å². The molecule has 1 N–H and O–H groups in total. The van der Waals surface area contributed by atoms with Gasteiger partial charge in [-0.3, -0.25) is 4.79 Å². The first-order valence-electron chi connectivity index (χ1n) is 7.17. The lowest BCUT2D eigenvalue weighted by atomic mass is 9.87. The normalized spacial score (nSPS) is 31.1. The molecule has 2 saturated carbocycles. The number of alkyl halides is 1. The molecule has 98 valence electrons. The summed E-state index contributed by atoms with van der Waals surface area (Å²) >= 11 is 3.67. The fourth-order valence-corrected chi connectivity index (χ4v) is 3.61. The number of hydrogen-bond donors (Lipinski definition) is 1. The van der Waals surface area contributed by atoms with E-state index < -0.39 is 0 Å². The second-order valence-corrected chi connectivity index (χ2v) is 6.99. The summed E-state index contributed by atoms with van der Waals surface area (Å²) in [4.78, 5) is 12.7. The smallest absolute Gasteiger partial charge is 0.223 e. The summed E-state index contributed by atoms with van der Waals surface area (Å²) < 4.78 is 0. The summed E-state index contributed by atoms with van der Waals surface area (Å²) in [5.41, 5.74) is 0. The van der Waals surface area contributed by atoms with Gasteiger partial charge in [0, 0.05) is 17.3 Å². The van der Waals surface area contributed by atoms with E-state index in [1.165, 1.54) is 44.9 Å². The van der Waals surface area contributed by atoms with E-state index in [0.29, 0.717) is 16.7 Å². The fraction of sp³-hybridized carbons (Fsp3) is 0.929. The van der Waals surface area contributed by atoms with Crippen LogP contribution < -0.4 is 5.32 Å². The van der Waals surface area contributed by atoms with Crippen molar-refractivity contribution in [1.82, 2.24) is 5.32 Å². The summed E-state index contributed by atoms with van der Waals surface area (Å²) in [5.74, 6) is 1.36. The predicted molar refractivity (Wildman–Crippen MR) is 74.3 cm³/mol. The molecular weight excluding hydrogens is 278 g/mol. The fourth-order valence-electron chi connectivity index (χ4n) is 3.08. The summed E-state index contributed by atoms with van der Waals surface area (Å²) in [6, 6.07) is 0. The van der Waals surface area contributed by atoms with Crippen molar-refractivity contribution in [2.75, 3.05) is 6.54 Å². The third kappa shape index (κ3) is 4.27. The van der Waals surface area contributed by atoms with Gasteiger partial charge in [-0.2, -0.15) is 0 Å². The summed E-state index contributed by atoms with van der Waals surface area (Å²) in [6.07, 6.45) is 11.1. The zero-order valence-electron chi connectivity index (χ0n) is 10.6. The van der Waals surface area contributed by atoms with Gasteiger partial charge in [-0.25, -0.2) is 0 Å². The molecule has 2 fully saturated rings. The maximum Gasteiger partial charge on any atom is 0.223 e. The van der Waals surface area contributed by atoms with E-state index in [9.17, 15) is 4.79 Å². The molecule has 0 heterocycles. The van der Waals surface area contributed by atoms with Gasteiger partial charge in [0.2, 0.25) is 5.91 Å². The minimum Gasteiger partial charge on any atom is -0.356 e. The Hall–Kier alpha value is -0.0500. The minimum absolute atomic E-state index is 0.316. The third-order valence-corrected chi connectivity index (χ3v) is 5.23. The molecule has 0 aromatic carbocycles. The lowest BCUT2D eigenvalue weighted by molar-refractivity contribution is -0.126. The molecule has 0 saturated heterocycles. The average molecular weight is 302 g/mol.